The second kappa shape index (κ2) is 10.9. The number of carbonyl (C=O) groups is 2. The molecule has 9 heteroatoms. The van der Waals surface area contributed by atoms with Gasteiger partial charge in [-0.1, -0.05) is 60.7 Å². The van der Waals surface area contributed by atoms with Crippen LogP contribution in [0.25, 0.3) is 0 Å². The van der Waals surface area contributed by atoms with E-state index in [1.165, 1.54) is 4.57 Å². The number of H-pyrrole nitrogens is 1. The number of aromatic nitrogens is 2. The molecule has 0 unspecified atom stereocenters. The monoisotopic (exact) mass is 450 g/mol. The molecule has 1 aromatic heterocycles. The van der Waals surface area contributed by atoms with Crippen LogP contribution >= 0.6 is 0 Å². The maximum Gasteiger partial charge on any atom is 0.330 e. The van der Waals surface area contributed by atoms with Crippen LogP contribution in [0.15, 0.2) is 70.3 Å². The topological polar surface area (TPSA) is 127 Å². The maximum absolute atomic E-state index is 12.8. The van der Waals surface area contributed by atoms with Gasteiger partial charge in [-0.3, -0.25) is 23.9 Å². The molecular weight excluding hydrogens is 424 g/mol. The van der Waals surface area contributed by atoms with Crippen LogP contribution in [-0.2, 0) is 27.3 Å². The fraction of sp³-hybridized carbons (Fsp3) is 0.250. The highest BCUT2D eigenvalue weighted by atomic mass is 16.5. The second-order valence-corrected chi connectivity index (χ2v) is 7.35. The molecule has 0 atom stereocenters. The van der Waals surface area contributed by atoms with Crippen LogP contribution in [0.3, 0.4) is 0 Å². The Morgan fingerprint density at radius 1 is 1.00 bits per heavy atom. The minimum Gasteiger partial charge on any atom is -0.456 e. The number of amides is 1. The molecule has 2 aromatic carbocycles. The van der Waals surface area contributed by atoms with Gasteiger partial charge in [0.05, 0.1) is 6.54 Å². The predicted molar refractivity (Wildman–Crippen MR) is 125 cm³/mol. The van der Waals surface area contributed by atoms with Crippen LogP contribution in [0.2, 0.25) is 0 Å². The highest BCUT2D eigenvalue weighted by Gasteiger charge is 2.24. The number of aryl methyl sites for hydroxylation is 1. The van der Waals surface area contributed by atoms with E-state index in [4.69, 9.17) is 10.5 Å². The average Bonchev–Trinajstić information content (AvgIpc) is 2.82. The lowest BCUT2D eigenvalue weighted by Crippen LogP contribution is -2.42. The predicted octanol–water partition coefficient (Wildman–Crippen LogP) is 1.70. The van der Waals surface area contributed by atoms with Crippen molar-refractivity contribution in [2.45, 2.75) is 26.3 Å². The number of hydrogen-bond acceptors (Lipinski definition) is 6. The molecule has 1 amide bonds. The quantitative estimate of drug-likeness (QED) is 0.478. The Hall–Kier alpha value is -4.14. The van der Waals surface area contributed by atoms with Crippen molar-refractivity contribution in [1.82, 2.24) is 9.55 Å². The molecule has 3 rings (SSSR count). The van der Waals surface area contributed by atoms with Crippen molar-refractivity contribution in [2.75, 3.05) is 23.8 Å². The largest absolute Gasteiger partial charge is 0.456 e. The van der Waals surface area contributed by atoms with Crippen LogP contribution in [0, 0.1) is 0 Å². The van der Waals surface area contributed by atoms with Gasteiger partial charge in [0.25, 0.3) is 11.5 Å². The van der Waals surface area contributed by atoms with Crippen LogP contribution in [-0.4, -0.2) is 34.6 Å². The molecule has 0 bridgehead atoms. The highest BCUT2D eigenvalue weighted by molar-refractivity contribution is 5.97. The molecule has 0 saturated heterocycles. The van der Waals surface area contributed by atoms with Crippen LogP contribution < -0.4 is 21.9 Å². The third-order valence-electron chi connectivity index (χ3n) is 5.10. The zero-order chi connectivity index (χ0) is 23.8. The average molecular weight is 450 g/mol. The molecule has 172 valence electrons. The summed E-state index contributed by atoms with van der Waals surface area (Å²) < 4.78 is 6.30. The van der Waals surface area contributed by atoms with Crippen molar-refractivity contribution in [3.63, 3.8) is 0 Å². The van der Waals surface area contributed by atoms with Gasteiger partial charge in [-0.05, 0) is 24.5 Å². The van der Waals surface area contributed by atoms with Gasteiger partial charge >= 0.3 is 11.7 Å². The zero-order valence-corrected chi connectivity index (χ0v) is 18.3. The third-order valence-corrected chi connectivity index (χ3v) is 5.10. The van der Waals surface area contributed by atoms with Gasteiger partial charge in [-0.25, -0.2) is 4.79 Å². The molecule has 0 aliphatic heterocycles. The first kappa shape index (κ1) is 23.5. The SMILES string of the molecule is CCN(C(=O)COC(=O)CCc1ccccc1)c1c(N)n(Cc2ccccc2)c(=O)[nH]c1=O. The van der Waals surface area contributed by atoms with Gasteiger partial charge in [0.15, 0.2) is 12.3 Å². The number of rotatable bonds is 9. The summed E-state index contributed by atoms with van der Waals surface area (Å²) in [6.45, 7) is 1.32. The van der Waals surface area contributed by atoms with Crippen molar-refractivity contribution in [2.24, 2.45) is 0 Å². The molecule has 0 aliphatic rings. The minimum absolute atomic E-state index is 0.0945. The number of nitrogen functional groups attached to an aromatic ring is 1. The number of carbonyl (C=O) groups excluding carboxylic acids is 2. The van der Waals surface area contributed by atoms with E-state index in [0.29, 0.717) is 6.42 Å². The maximum atomic E-state index is 12.8. The first-order valence-electron chi connectivity index (χ1n) is 10.6. The molecule has 0 spiro atoms. The number of nitrogens with one attached hydrogen (secondary N) is 1. The summed E-state index contributed by atoms with van der Waals surface area (Å²) in [6, 6.07) is 18.5. The normalized spacial score (nSPS) is 10.6. The second-order valence-electron chi connectivity index (χ2n) is 7.35. The lowest BCUT2D eigenvalue weighted by atomic mass is 10.1. The van der Waals surface area contributed by atoms with E-state index in [-0.39, 0.29) is 31.0 Å². The molecule has 0 radical (unpaired) electrons. The molecule has 3 N–H and O–H groups in total. The number of anilines is 2. The standard InChI is InChI=1S/C24H26N4O5/c1-2-27(19(29)16-33-20(30)14-13-17-9-5-3-6-10-17)21-22(25)28(24(32)26-23(21)31)15-18-11-7-4-8-12-18/h3-12H,2,13-16,25H2,1H3,(H,26,31,32). The fourth-order valence-corrected chi connectivity index (χ4v) is 3.40. The van der Waals surface area contributed by atoms with Crippen LogP contribution in [0.5, 0.6) is 0 Å². The van der Waals surface area contributed by atoms with Gasteiger partial charge in [0.2, 0.25) is 0 Å². The van der Waals surface area contributed by atoms with Gasteiger partial charge in [-0.2, -0.15) is 0 Å². The highest BCUT2D eigenvalue weighted by Crippen LogP contribution is 2.18. The number of likely N-dealkylation sites (N-methyl/N-ethyl adjacent to an activating group) is 1. The number of nitrogens with zero attached hydrogens (tertiary/aromatic N) is 2. The van der Waals surface area contributed by atoms with Gasteiger partial charge in [-0.15, -0.1) is 0 Å². The first-order chi connectivity index (χ1) is 15.9. The van der Waals surface area contributed by atoms with E-state index in [2.05, 4.69) is 4.98 Å². The molecule has 0 saturated carbocycles. The molecule has 9 nitrogen and oxygen atoms in total. The minimum atomic E-state index is -0.785. The summed E-state index contributed by atoms with van der Waals surface area (Å²) >= 11 is 0. The Morgan fingerprint density at radius 3 is 2.21 bits per heavy atom. The van der Waals surface area contributed by atoms with Gasteiger partial charge in [0, 0.05) is 13.0 Å². The summed E-state index contributed by atoms with van der Waals surface area (Å²) in [5, 5.41) is 0. The first-order valence-corrected chi connectivity index (χ1v) is 10.6. The summed E-state index contributed by atoms with van der Waals surface area (Å²) in [5.74, 6) is -1.29. The van der Waals surface area contributed by atoms with Gasteiger partial charge in [0.1, 0.15) is 5.82 Å². The fourth-order valence-electron chi connectivity index (χ4n) is 3.40. The molecule has 33 heavy (non-hydrogen) atoms. The van der Waals surface area contributed by atoms with E-state index in [9.17, 15) is 19.2 Å². The number of nitrogens with two attached hydrogens (primary N) is 1. The van der Waals surface area contributed by atoms with Crippen molar-refractivity contribution >= 4 is 23.4 Å². The Morgan fingerprint density at radius 2 is 1.61 bits per heavy atom. The summed E-state index contributed by atoms with van der Waals surface area (Å²) in [5.41, 5.74) is 6.32. The number of hydrogen-bond donors (Lipinski definition) is 2. The Balaban J connectivity index is 1.72. The molecule has 0 fully saturated rings. The smallest absolute Gasteiger partial charge is 0.330 e. The van der Waals surface area contributed by atoms with E-state index >= 15 is 0 Å². The molecule has 3 aromatic rings. The van der Waals surface area contributed by atoms with E-state index in [0.717, 1.165) is 16.0 Å². The van der Waals surface area contributed by atoms with Crippen molar-refractivity contribution in [1.29, 1.82) is 0 Å². The van der Waals surface area contributed by atoms with Crippen LogP contribution in [0.1, 0.15) is 24.5 Å². The Labute approximate surface area is 190 Å². The Kier molecular flexibility index (Phi) is 7.80. The lowest BCUT2D eigenvalue weighted by molar-refractivity contribution is -0.147. The van der Waals surface area contributed by atoms with E-state index < -0.39 is 29.7 Å². The molecule has 0 aliphatic carbocycles. The number of aromatic amines is 1. The van der Waals surface area contributed by atoms with E-state index in [1.807, 2.05) is 60.7 Å². The van der Waals surface area contributed by atoms with Crippen molar-refractivity contribution in [3.05, 3.63) is 92.6 Å². The summed E-state index contributed by atoms with van der Waals surface area (Å²) in [4.78, 5) is 53.0. The van der Waals surface area contributed by atoms with Gasteiger partial charge < -0.3 is 15.4 Å². The number of benzene rings is 2. The molecule has 1 heterocycles. The Bertz CT molecular complexity index is 1220. The van der Waals surface area contributed by atoms with Crippen LogP contribution in [0.4, 0.5) is 11.5 Å². The van der Waals surface area contributed by atoms with Crippen molar-refractivity contribution < 1.29 is 14.3 Å². The third kappa shape index (κ3) is 5.97. The summed E-state index contributed by atoms with van der Waals surface area (Å²) in [7, 11) is 0. The summed E-state index contributed by atoms with van der Waals surface area (Å²) in [6.07, 6.45) is 0.608. The van der Waals surface area contributed by atoms with Crippen molar-refractivity contribution in [3.8, 4) is 0 Å². The molecular formula is C24H26N4O5. The number of esters is 1. The number of ether oxygens (including phenoxy) is 1. The van der Waals surface area contributed by atoms with E-state index in [1.54, 1.807) is 6.92 Å². The lowest BCUT2D eigenvalue weighted by Gasteiger charge is -2.23. The zero-order valence-electron chi connectivity index (χ0n) is 18.3.